The average Bonchev–Trinajstić information content (AvgIpc) is 3.30. The Morgan fingerprint density at radius 1 is 1.20 bits per heavy atom. The fourth-order valence-electron chi connectivity index (χ4n) is 4.13. The lowest BCUT2D eigenvalue weighted by Crippen LogP contribution is -2.47. The Labute approximate surface area is 183 Å². The van der Waals surface area contributed by atoms with E-state index in [1.165, 1.54) is 0 Å². The first-order chi connectivity index (χ1) is 14.2. The van der Waals surface area contributed by atoms with Crippen LogP contribution in [0.2, 0.25) is 10.0 Å². The van der Waals surface area contributed by atoms with E-state index < -0.39 is 11.5 Å². The second-order valence-electron chi connectivity index (χ2n) is 7.56. The smallest absolute Gasteiger partial charge is 0.335 e. The summed E-state index contributed by atoms with van der Waals surface area (Å²) in [5, 5.41) is 13.9. The summed E-state index contributed by atoms with van der Waals surface area (Å²) < 4.78 is 7.41. The minimum atomic E-state index is -0.989. The predicted molar refractivity (Wildman–Crippen MR) is 116 cm³/mol. The number of nitrogens with one attached hydrogen (secondary N) is 1. The van der Waals surface area contributed by atoms with Crippen LogP contribution in [0.3, 0.4) is 0 Å². The fourth-order valence-corrected chi connectivity index (χ4v) is 4.50. The van der Waals surface area contributed by atoms with E-state index in [0.717, 1.165) is 16.6 Å². The minimum absolute atomic E-state index is 0.205. The number of fused-ring (bicyclic) bond motifs is 1. The third-order valence-electron chi connectivity index (χ3n) is 5.71. The summed E-state index contributed by atoms with van der Waals surface area (Å²) in [6.07, 6.45) is 0.586. The number of nitrogens with zero attached hydrogens (tertiary/aromatic N) is 1. The molecule has 2 N–H and O–H groups in total. The van der Waals surface area contributed by atoms with Crippen molar-refractivity contribution in [2.75, 3.05) is 13.2 Å². The Balaban J connectivity index is 1.73. The van der Waals surface area contributed by atoms with Crippen molar-refractivity contribution in [1.82, 2.24) is 9.88 Å². The summed E-state index contributed by atoms with van der Waals surface area (Å²) in [4.78, 5) is 24.6. The van der Waals surface area contributed by atoms with Crippen LogP contribution in [0, 0.1) is 6.92 Å². The topological polar surface area (TPSA) is 80.6 Å². The molecule has 1 aliphatic heterocycles. The van der Waals surface area contributed by atoms with Gasteiger partial charge < -0.3 is 19.7 Å². The molecule has 8 heteroatoms. The molecule has 3 aromatic rings. The van der Waals surface area contributed by atoms with Crippen molar-refractivity contribution < 1.29 is 19.4 Å². The van der Waals surface area contributed by atoms with E-state index in [1.807, 2.05) is 13.0 Å². The highest BCUT2D eigenvalue weighted by atomic mass is 35.5. The van der Waals surface area contributed by atoms with Crippen LogP contribution < -0.4 is 5.32 Å². The number of ether oxygens (including phenoxy) is 1. The predicted octanol–water partition coefficient (Wildman–Crippen LogP) is 4.54. The van der Waals surface area contributed by atoms with Crippen LogP contribution in [0.1, 0.15) is 38.4 Å². The number of amides is 1. The number of hydrogen-bond donors (Lipinski definition) is 2. The summed E-state index contributed by atoms with van der Waals surface area (Å²) >= 11 is 12.4. The van der Waals surface area contributed by atoms with Gasteiger partial charge in [0.15, 0.2) is 0 Å². The Bertz CT molecular complexity index is 1180. The van der Waals surface area contributed by atoms with E-state index in [2.05, 4.69) is 5.32 Å². The molecule has 1 fully saturated rings. The lowest BCUT2D eigenvalue weighted by Gasteiger charge is -2.31. The number of carboxylic acid groups (broad SMARTS) is 1. The van der Waals surface area contributed by atoms with Crippen molar-refractivity contribution in [3.8, 4) is 0 Å². The molecule has 0 radical (unpaired) electrons. The summed E-state index contributed by atoms with van der Waals surface area (Å²) in [5.41, 5.74) is 2.34. The first-order valence-corrected chi connectivity index (χ1v) is 10.2. The molecule has 0 bridgehead atoms. The number of rotatable bonds is 4. The standard InChI is InChI=1S/C22H20Cl2N2O4/c1-12-9-13(21(28)29)3-4-15(12)22(7-8-30-11-22)25-20(27)18-10-14-17(26(18)2)6-5-16(23)19(14)24/h3-6,9-10H,7-8,11H2,1-2H3,(H,25,27)(H,28,29)/t22-/m1/s1. The third-order valence-corrected chi connectivity index (χ3v) is 6.53. The van der Waals surface area contributed by atoms with Gasteiger partial charge in [0.25, 0.3) is 5.91 Å². The molecule has 0 unspecified atom stereocenters. The van der Waals surface area contributed by atoms with E-state index in [1.54, 1.807) is 41.9 Å². The Morgan fingerprint density at radius 2 is 1.97 bits per heavy atom. The largest absolute Gasteiger partial charge is 0.478 e. The monoisotopic (exact) mass is 446 g/mol. The second kappa shape index (κ2) is 7.61. The molecule has 0 saturated carbocycles. The SMILES string of the molecule is Cc1cc(C(=O)O)ccc1[C@@]1(NC(=O)c2cc3c(Cl)c(Cl)ccc3n2C)CCOC1. The van der Waals surface area contributed by atoms with Gasteiger partial charge in [-0.15, -0.1) is 0 Å². The maximum atomic E-state index is 13.3. The highest BCUT2D eigenvalue weighted by Gasteiger charge is 2.40. The van der Waals surface area contributed by atoms with Gasteiger partial charge in [-0.3, -0.25) is 4.79 Å². The van der Waals surface area contributed by atoms with Gasteiger partial charge in [0.05, 0.1) is 27.8 Å². The summed E-state index contributed by atoms with van der Waals surface area (Å²) in [6.45, 7) is 2.64. The van der Waals surface area contributed by atoms with Gasteiger partial charge in [-0.25, -0.2) is 4.79 Å². The van der Waals surface area contributed by atoms with Crippen molar-refractivity contribution in [3.63, 3.8) is 0 Å². The van der Waals surface area contributed by atoms with E-state index in [9.17, 15) is 14.7 Å². The van der Waals surface area contributed by atoms with Crippen LogP contribution >= 0.6 is 23.2 Å². The molecule has 1 saturated heterocycles. The highest BCUT2D eigenvalue weighted by Crippen LogP contribution is 2.35. The Kier molecular flexibility index (Phi) is 5.26. The first-order valence-electron chi connectivity index (χ1n) is 9.41. The van der Waals surface area contributed by atoms with E-state index in [0.29, 0.717) is 40.8 Å². The van der Waals surface area contributed by atoms with E-state index >= 15 is 0 Å². The highest BCUT2D eigenvalue weighted by molar-refractivity contribution is 6.45. The maximum Gasteiger partial charge on any atom is 0.335 e. The zero-order chi connectivity index (χ0) is 21.6. The Morgan fingerprint density at radius 3 is 2.60 bits per heavy atom. The van der Waals surface area contributed by atoms with E-state index in [4.69, 9.17) is 27.9 Å². The number of benzene rings is 2. The van der Waals surface area contributed by atoms with Gasteiger partial charge in [0.2, 0.25) is 0 Å². The molecule has 1 aliphatic rings. The van der Waals surface area contributed by atoms with Crippen LogP contribution in [0.4, 0.5) is 0 Å². The fraction of sp³-hybridized carbons (Fsp3) is 0.273. The number of carbonyl (C=O) groups excluding carboxylic acids is 1. The van der Waals surface area contributed by atoms with Gasteiger partial charge in [-0.1, -0.05) is 29.3 Å². The summed E-state index contributed by atoms with van der Waals surface area (Å²) in [7, 11) is 1.80. The molecule has 156 valence electrons. The number of carboxylic acids is 1. The quantitative estimate of drug-likeness (QED) is 0.616. The van der Waals surface area contributed by atoms with Gasteiger partial charge >= 0.3 is 5.97 Å². The van der Waals surface area contributed by atoms with Crippen molar-refractivity contribution in [2.24, 2.45) is 7.05 Å². The molecule has 1 atom stereocenters. The van der Waals surface area contributed by atoms with Gasteiger partial charge in [-0.05, 0) is 48.4 Å². The minimum Gasteiger partial charge on any atom is -0.478 e. The van der Waals surface area contributed by atoms with Crippen LogP contribution in [-0.4, -0.2) is 34.8 Å². The summed E-state index contributed by atoms with van der Waals surface area (Å²) in [5.74, 6) is -1.26. The van der Waals surface area contributed by atoms with Crippen molar-refractivity contribution in [3.05, 3.63) is 68.8 Å². The van der Waals surface area contributed by atoms with Crippen molar-refractivity contribution in [1.29, 1.82) is 0 Å². The van der Waals surface area contributed by atoms with Crippen LogP contribution in [0.25, 0.3) is 10.9 Å². The molecule has 0 spiro atoms. The molecular formula is C22H20Cl2N2O4. The second-order valence-corrected chi connectivity index (χ2v) is 8.34. The number of carbonyl (C=O) groups is 2. The van der Waals surface area contributed by atoms with E-state index in [-0.39, 0.29) is 11.5 Å². The Hall–Kier alpha value is -2.54. The lowest BCUT2D eigenvalue weighted by atomic mass is 9.85. The van der Waals surface area contributed by atoms with Crippen molar-refractivity contribution in [2.45, 2.75) is 18.9 Å². The zero-order valence-corrected chi connectivity index (χ0v) is 18.0. The molecule has 1 amide bonds. The average molecular weight is 447 g/mol. The maximum absolute atomic E-state index is 13.3. The molecule has 4 rings (SSSR count). The first kappa shape index (κ1) is 20.7. The van der Waals surface area contributed by atoms with Gasteiger partial charge in [0, 0.05) is 31.0 Å². The third kappa shape index (κ3) is 3.35. The zero-order valence-electron chi connectivity index (χ0n) is 16.5. The number of aromatic carboxylic acids is 1. The van der Waals surface area contributed by atoms with Crippen molar-refractivity contribution >= 4 is 46.0 Å². The summed E-state index contributed by atoms with van der Waals surface area (Å²) in [6, 6.07) is 10.2. The lowest BCUT2D eigenvalue weighted by molar-refractivity contribution is 0.0696. The number of aryl methyl sites for hydroxylation is 2. The van der Waals surface area contributed by atoms with Gasteiger partial charge in [-0.2, -0.15) is 0 Å². The molecule has 2 heterocycles. The molecule has 2 aromatic carbocycles. The number of aromatic nitrogens is 1. The molecule has 6 nitrogen and oxygen atoms in total. The van der Waals surface area contributed by atoms with Gasteiger partial charge in [0.1, 0.15) is 5.69 Å². The van der Waals surface area contributed by atoms with Crippen LogP contribution in [0.5, 0.6) is 0 Å². The number of hydrogen-bond acceptors (Lipinski definition) is 3. The van der Waals surface area contributed by atoms with Crippen LogP contribution in [-0.2, 0) is 17.3 Å². The molecule has 1 aromatic heterocycles. The molecule has 30 heavy (non-hydrogen) atoms. The van der Waals surface area contributed by atoms with Crippen LogP contribution in [0.15, 0.2) is 36.4 Å². The normalized spacial score (nSPS) is 18.7. The number of halogens is 2. The molecule has 0 aliphatic carbocycles. The molecular weight excluding hydrogens is 427 g/mol.